The van der Waals surface area contributed by atoms with E-state index in [1.54, 1.807) is 7.11 Å². The van der Waals surface area contributed by atoms with Crippen LogP contribution in [0.25, 0.3) is 22.3 Å². The van der Waals surface area contributed by atoms with Crippen LogP contribution in [0.1, 0.15) is 0 Å². The lowest BCUT2D eigenvalue weighted by Crippen LogP contribution is -2.00. The van der Waals surface area contributed by atoms with E-state index in [1.807, 2.05) is 36.4 Å². The average molecular weight is 268 g/mol. The predicted octanol–water partition coefficient (Wildman–Crippen LogP) is 2.10. The Hall–Kier alpha value is -2.76. The van der Waals surface area contributed by atoms with Crippen LogP contribution in [0.3, 0.4) is 0 Å². The summed E-state index contributed by atoms with van der Waals surface area (Å²) in [6.07, 6.45) is 0. The van der Waals surface area contributed by atoms with E-state index in [9.17, 15) is 0 Å². The van der Waals surface area contributed by atoms with Crippen LogP contribution in [0.15, 0.2) is 36.4 Å². The van der Waals surface area contributed by atoms with Crippen molar-refractivity contribution in [1.29, 1.82) is 0 Å². The van der Waals surface area contributed by atoms with Gasteiger partial charge in [-0.2, -0.15) is 9.97 Å². The van der Waals surface area contributed by atoms with Gasteiger partial charge in [-0.1, -0.05) is 30.3 Å². The zero-order valence-corrected chi connectivity index (χ0v) is 11.1. The van der Waals surface area contributed by atoms with Gasteiger partial charge in [0.25, 0.3) is 0 Å². The highest BCUT2D eigenvalue weighted by atomic mass is 16.5. The first kappa shape index (κ1) is 12.3. The van der Waals surface area contributed by atoms with Gasteiger partial charge in [-0.3, -0.25) is 0 Å². The molecular weight excluding hydrogens is 256 g/mol. The van der Waals surface area contributed by atoms with Crippen LogP contribution in [-0.2, 0) is 0 Å². The summed E-state index contributed by atoms with van der Waals surface area (Å²) in [6.45, 7) is 0. The molecule has 0 saturated heterocycles. The molecule has 0 radical (unpaired) electrons. The highest BCUT2D eigenvalue weighted by molar-refractivity contribution is 5.83. The highest BCUT2D eigenvalue weighted by Crippen LogP contribution is 2.26. The Bertz CT molecular complexity index is 747. The van der Waals surface area contributed by atoms with Crippen molar-refractivity contribution >= 4 is 11.0 Å². The molecule has 0 fully saturated rings. The van der Waals surface area contributed by atoms with Gasteiger partial charge in [0.15, 0.2) is 5.65 Å². The molecule has 0 spiro atoms. The van der Waals surface area contributed by atoms with Crippen LogP contribution in [-0.4, -0.2) is 34.4 Å². The molecule has 3 rings (SSSR count). The van der Waals surface area contributed by atoms with Crippen LogP contribution in [0.5, 0.6) is 11.9 Å². The van der Waals surface area contributed by atoms with E-state index in [2.05, 4.69) is 20.2 Å². The van der Waals surface area contributed by atoms with E-state index in [1.165, 1.54) is 7.11 Å². The molecule has 6 nitrogen and oxygen atoms in total. The molecule has 0 aliphatic carbocycles. The lowest BCUT2D eigenvalue weighted by Gasteiger charge is -2.06. The Kier molecular flexibility index (Phi) is 3.12. The number of ether oxygens (including phenoxy) is 2. The molecule has 0 amide bonds. The third-order valence-electron chi connectivity index (χ3n) is 2.85. The molecule has 0 aliphatic rings. The summed E-state index contributed by atoms with van der Waals surface area (Å²) < 4.78 is 10.3. The molecular formula is C14H12N4O2. The summed E-state index contributed by atoms with van der Waals surface area (Å²) in [5.41, 5.74) is 2.15. The van der Waals surface area contributed by atoms with Crippen molar-refractivity contribution in [3.63, 3.8) is 0 Å². The van der Waals surface area contributed by atoms with Gasteiger partial charge in [-0.25, -0.2) is 0 Å². The first-order valence-electron chi connectivity index (χ1n) is 6.00. The SMILES string of the molecule is COc1nc(OC)c2cc(-c3ccccc3)nnc2n1. The molecule has 0 unspecified atom stereocenters. The van der Waals surface area contributed by atoms with Crippen LogP contribution < -0.4 is 9.47 Å². The zero-order valence-electron chi connectivity index (χ0n) is 11.1. The Morgan fingerprint density at radius 2 is 1.70 bits per heavy atom. The Morgan fingerprint density at radius 3 is 2.40 bits per heavy atom. The van der Waals surface area contributed by atoms with Crippen molar-refractivity contribution < 1.29 is 9.47 Å². The van der Waals surface area contributed by atoms with Crippen LogP contribution in [0, 0.1) is 0 Å². The summed E-state index contributed by atoms with van der Waals surface area (Å²) in [5, 5.41) is 8.99. The third-order valence-corrected chi connectivity index (χ3v) is 2.85. The first-order valence-corrected chi connectivity index (χ1v) is 6.00. The van der Waals surface area contributed by atoms with E-state index in [0.29, 0.717) is 16.9 Å². The number of rotatable bonds is 3. The lowest BCUT2D eigenvalue weighted by molar-refractivity contribution is 0.356. The number of nitrogens with zero attached hydrogens (tertiary/aromatic N) is 4. The topological polar surface area (TPSA) is 70.0 Å². The third kappa shape index (κ3) is 2.11. The van der Waals surface area contributed by atoms with Crippen molar-refractivity contribution in [2.75, 3.05) is 14.2 Å². The summed E-state index contributed by atoms with van der Waals surface area (Å²) >= 11 is 0. The van der Waals surface area contributed by atoms with Gasteiger partial charge in [0.1, 0.15) is 0 Å². The number of fused-ring (bicyclic) bond motifs is 1. The number of methoxy groups -OCH3 is 2. The van der Waals surface area contributed by atoms with Crippen molar-refractivity contribution in [2.45, 2.75) is 0 Å². The fourth-order valence-electron chi connectivity index (χ4n) is 1.88. The van der Waals surface area contributed by atoms with Crippen molar-refractivity contribution in [3.05, 3.63) is 36.4 Å². The van der Waals surface area contributed by atoms with E-state index >= 15 is 0 Å². The van der Waals surface area contributed by atoms with Gasteiger partial charge < -0.3 is 9.47 Å². The van der Waals surface area contributed by atoms with E-state index in [-0.39, 0.29) is 6.01 Å². The average Bonchev–Trinajstić information content (AvgIpc) is 2.54. The van der Waals surface area contributed by atoms with Gasteiger partial charge in [0, 0.05) is 5.56 Å². The van der Waals surface area contributed by atoms with Crippen LogP contribution in [0.2, 0.25) is 0 Å². The maximum atomic E-state index is 5.26. The molecule has 0 bridgehead atoms. The highest BCUT2D eigenvalue weighted by Gasteiger charge is 2.12. The van der Waals surface area contributed by atoms with Gasteiger partial charge in [-0.05, 0) is 6.07 Å². The summed E-state index contributed by atoms with van der Waals surface area (Å²) in [7, 11) is 3.04. The lowest BCUT2D eigenvalue weighted by atomic mass is 10.1. The molecule has 2 heterocycles. The van der Waals surface area contributed by atoms with Crippen LogP contribution >= 0.6 is 0 Å². The number of hydrogen-bond donors (Lipinski definition) is 0. The minimum Gasteiger partial charge on any atom is -0.480 e. The van der Waals surface area contributed by atoms with Crippen LogP contribution in [0.4, 0.5) is 0 Å². The summed E-state index contributed by atoms with van der Waals surface area (Å²) in [6, 6.07) is 11.8. The fraction of sp³-hybridized carbons (Fsp3) is 0.143. The Morgan fingerprint density at radius 1 is 0.900 bits per heavy atom. The van der Waals surface area contributed by atoms with E-state index in [4.69, 9.17) is 9.47 Å². The van der Waals surface area contributed by atoms with E-state index < -0.39 is 0 Å². The molecule has 0 atom stereocenters. The van der Waals surface area contributed by atoms with Gasteiger partial charge in [0.05, 0.1) is 25.3 Å². The van der Waals surface area contributed by atoms with Crippen molar-refractivity contribution in [3.8, 4) is 23.1 Å². The van der Waals surface area contributed by atoms with E-state index in [0.717, 1.165) is 11.3 Å². The molecule has 20 heavy (non-hydrogen) atoms. The molecule has 0 saturated carbocycles. The molecule has 0 N–H and O–H groups in total. The minimum atomic E-state index is 0.205. The summed E-state index contributed by atoms with van der Waals surface area (Å²) in [4.78, 5) is 8.30. The monoisotopic (exact) mass is 268 g/mol. The molecule has 0 aliphatic heterocycles. The van der Waals surface area contributed by atoms with Gasteiger partial charge >= 0.3 is 6.01 Å². The smallest absolute Gasteiger partial charge is 0.321 e. The predicted molar refractivity (Wildman–Crippen MR) is 73.7 cm³/mol. The molecule has 2 aromatic heterocycles. The Balaban J connectivity index is 2.20. The second kappa shape index (κ2) is 5.08. The van der Waals surface area contributed by atoms with Crippen molar-refractivity contribution in [1.82, 2.24) is 20.2 Å². The summed E-state index contributed by atoms with van der Waals surface area (Å²) in [5.74, 6) is 0.416. The maximum Gasteiger partial charge on any atom is 0.321 e. The Labute approximate surface area is 115 Å². The fourth-order valence-corrected chi connectivity index (χ4v) is 1.88. The second-order valence-electron chi connectivity index (χ2n) is 4.05. The molecule has 6 heteroatoms. The van der Waals surface area contributed by atoms with Gasteiger partial charge in [-0.15, -0.1) is 10.2 Å². The molecule has 100 valence electrons. The number of hydrogen-bond acceptors (Lipinski definition) is 6. The normalized spacial score (nSPS) is 10.5. The number of benzene rings is 1. The maximum absolute atomic E-state index is 5.26. The first-order chi connectivity index (χ1) is 9.81. The van der Waals surface area contributed by atoms with Crippen molar-refractivity contribution in [2.24, 2.45) is 0 Å². The minimum absolute atomic E-state index is 0.205. The molecule has 1 aromatic carbocycles. The zero-order chi connectivity index (χ0) is 13.9. The number of aromatic nitrogens is 4. The standard InChI is InChI=1S/C14H12N4O2/c1-19-13-10-8-11(9-6-4-3-5-7-9)17-18-12(10)15-14(16-13)20-2/h3-8H,1-2H3. The quantitative estimate of drug-likeness (QED) is 0.724. The largest absolute Gasteiger partial charge is 0.480 e. The van der Waals surface area contributed by atoms with Gasteiger partial charge in [0.2, 0.25) is 5.88 Å². The second-order valence-corrected chi connectivity index (χ2v) is 4.05. The molecule has 3 aromatic rings.